The Bertz CT molecular complexity index is 935. The van der Waals surface area contributed by atoms with Crippen molar-refractivity contribution in [2.45, 2.75) is 13.0 Å². The zero-order valence-electron chi connectivity index (χ0n) is 15.0. The molecule has 0 unspecified atom stereocenters. The number of halogens is 1. The van der Waals surface area contributed by atoms with E-state index in [1.165, 1.54) is 21.9 Å². The molecule has 7 nitrogen and oxygen atoms in total. The normalized spacial score (nSPS) is 17.6. The number of hydrogen-bond donors (Lipinski definition) is 2. The van der Waals surface area contributed by atoms with Gasteiger partial charge < -0.3 is 10.2 Å². The molecule has 27 heavy (non-hydrogen) atoms. The molecule has 1 aromatic carbocycles. The van der Waals surface area contributed by atoms with Crippen LogP contribution in [0, 0.1) is 12.7 Å². The summed E-state index contributed by atoms with van der Waals surface area (Å²) in [5, 5.41) is 24.2. The van der Waals surface area contributed by atoms with Gasteiger partial charge >= 0.3 is 0 Å². The third kappa shape index (κ3) is 3.43. The summed E-state index contributed by atoms with van der Waals surface area (Å²) in [6, 6.07) is 6.28. The highest BCUT2D eigenvalue weighted by atomic mass is 32.1. The van der Waals surface area contributed by atoms with E-state index < -0.39 is 6.04 Å². The van der Waals surface area contributed by atoms with Crippen LogP contribution in [0.1, 0.15) is 22.3 Å². The lowest BCUT2D eigenvalue weighted by Crippen LogP contribution is -2.48. The van der Waals surface area contributed by atoms with Crippen molar-refractivity contribution in [2.75, 3.05) is 39.3 Å². The number of thiazole rings is 1. The van der Waals surface area contributed by atoms with Gasteiger partial charge in [0.15, 0.2) is 0 Å². The van der Waals surface area contributed by atoms with Crippen molar-refractivity contribution in [3.05, 3.63) is 46.3 Å². The summed E-state index contributed by atoms with van der Waals surface area (Å²) >= 11 is 1.34. The maximum absolute atomic E-state index is 14.7. The van der Waals surface area contributed by atoms with Gasteiger partial charge in [0.05, 0.1) is 17.5 Å². The minimum Gasteiger partial charge on any atom is -0.492 e. The summed E-state index contributed by atoms with van der Waals surface area (Å²) in [7, 11) is 0. The molecule has 0 radical (unpaired) electrons. The molecule has 3 heterocycles. The number of rotatable bonds is 5. The first-order chi connectivity index (χ1) is 13.1. The number of aromatic nitrogens is 3. The van der Waals surface area contributed by atoms with E-state index >= 15 is 0 Å². The van der Waals surface area contributed by atoms with E-state index in [9.17, 15) is 9.50 Å². The van der Waals surface area contributed by atoms with Crippen molar-refractivity contribution in [3.63, 3.8) is 0 Å². The second-order valence-electron chi connectivity index (χ2n) is 6.67. The number of aryl methyl sites for hydroxylation is 1. The SMILES string of the molecule is Cc1nc2sc([C@H](c3ccccc3F)N3CCN(CCO)CC3)c(O)n2n1. The number of aliphatic hydroxyl groups is 1. The summed E-state index contributed by atoms with van der Waals surface area (Å²) in [5.41, 5.74) is 0.532. The molecular weight excluding hydrogens is 369 g/mol. The van der Waals surface area contributed by atoms with Crippen LogP contribution in [0.4, 0.5) is 4.39 Å². The number of nitrogens with zero attached hydrogens (tertiary/aromatic N) is 5. The molecule has 4 rings (SSSR count). The van der Waals surface area contributed by atoms with Gasteiger partial charge in [0.2, 0.25) is 10.8 Å². The Morgan fingerprint density at radius 3 is 2.63 bits per heavy atom. The van der Waals surface area contributed by atoms with Crippen LogP contribution < -0.4 is 0 Å². The molecule has 0 spiro atoms. The van der Waals surface area contributed by atoms with E-state index in [0.717, 1.165) is 13.1 Å². The lowest BCUT2D eigenvalue weighted by molar-refractivity contribution is 0.0936. The molecule has 1 fully saturated rings. The summed E-state index contributed by atoms with van der Waals surface area (Å²) in [5.74, 6) is 0.305. The Morgan fingerprint density at radius 2 is 1.96 bits per heavy atom. The maximum atomic E-state index is 14.7. The number of aromatic hydroxyl groups is 1. The number of aliphatic hydroxyl groups excluding tert-OH is 1. The number of β-amino-alcohol motifs (C(OH)–C–C–N with tert-alkyl or cyclic N) is 1. The standard InChI is InChI=1S/C18H22FN5O2S/c1-12-20-18-24(21-12)17(26)16(27-18)15(13-4-2-3-5-14(13)19)23-8-6-22(7-9-23)10-11-25/h2-5,15,25-26H,6-11H2,1H3/t15-/m0/s1. The summed E-state index contributed by atoms with van der Waals surface area (Å²) in [6.45, 7) is 5.53. The summed E-state index contributed by atoms with van der Waals surface area (Å²) < 4.78 is 16.1. The Kier molecular flexibility index (Phi) is 5.09. The maximum Gasteiger partial charge on any atom is 0.230 e. The first-order valence-corrected chi connectivity index (χ1v) is 9.77. The highest BCUT2D eigenvalue weighted by Gasteiger charge is 2.33. The van der Waals surface area contributed by atoms with Crippen LogP contribution in [0.5, 0.6) is 5.88 Å². The molecule has 0 aliphatic carbocycles. The summed E-state index contributed by atoms with van der Waals surface area (Å²) in [6.07, 6.45) is 0. The van der Waals surface area contributed by atoms with Crippen molar-refractivity contribution in [2.24, 2.45) is 0 Å². The number of hydrogen-bond acceptors (Lipinski definition) is 7. The van der Waals surface area contributed by atoms with E-state index in [0.29, 0.717) is 40.9 Å². The van der Waals surface area contributed by atoms with E-state index in [4.69, 9.17) is 5.11 Å². The topological polar surface area (TPSA) is 77.1 Å². The number of piperazine rings is 1. The van der Waals surface area contributed by atoms with E-state index in [2.05, 4.69) is 19.9 Å². The molecule has 0 amide bonds. The van der Waals surface area contributed by atoms with Crippen LogP contribution >= 0.6 is 11.3 Å². The van der Waals surface area contributed by atoms with Crippen molar-refractivity contribution >= 4 is 16.3 Å². The minimum atomic E-state index is -0.406. The van der Waals surface area contributed by atoms with Crippen molar-refractivity contribution in [3.8, 4) is 5.88 Å². The van der Waals surface area contributed by atoms with Gasteiger partial charge in [0.1, 0.15) is 11.6 Å². The zero-order chi connectivity index (χ0) is 19.0. The highest BCUT2D eigenvalue weighted by molar-refractivity contribution is 7.17. The smallest absolute Gasteiger partial charge is 0.230 e. The quantitative estimate of drug-likeness (QED) is 0.689. The molecule has 1 aliphatic rings. The Hall–Kier alpha value is -2.07. The predicted octanol–water partition coefficient (Wildman–Crippen LogP) is 1.64. The van der Waals surface area contributed by atoms with Gasteiger partial charge in [-0.2, -0.15) is 4.52 Å². The lowest BCUT2D eigenvalue weighted by Gasteiger charge is -2.39. The monoisotopic (exact) mass is 391 g/mol. The molecule has 1 saturated heterocycles. The predicted molar refractivity (Wildman–Crippen MR) is 101 cm³/mol. The molecule has 144 valence electrons. The number of fused-ring (bicyclic) bond motifs is 1. The van der Waals surface area contributed by atoms with Gasteiger partial charge in [-0.05, 0) is 13.0 Å². The average Bonchev–Trinajstić information content (AvgIpc) is 3.16. The van der Waals surface area contributed by atoms with Crippen LogP contribution in [0.3, 0.4) is 0 Å². The third-order valence-electron chi connectivity index (χ3n) is 4.94. The minimum absolute atomic E-state index is 0.0154. The van der Waals surface area contributed by atoms with Crippen molar-refractivity contribution in [1.29, 1.82) is 0 Å². The fraction of sp³-hybridized carbons (Fsp3) is 0.444. The highest BCUT2D eigenvalue weighted by Crippen LogP contribution is 2.40. The van der Waals surface area contributed by atoms with Gasteiger partial charge in [0, 0.05) is 38.3 Å². The van der Waals surface area contributed by atoms with Crippen molar-refractivity contribution in [1.82, 2.24) is 24.4 Å². The van der Waals surface area contributed by atoms with Crippen LogP contribution in [0.25, 0.3) is 4.96 Å². The second-order valence-corrected chi connectivity index (χ2v) is 7.68. The number of benzene rings is 1. The zero-order valence-corrected chi connectivity index (χ0v) is 15.9. The largest absolute Gasteiger partial charge is 0.492 e. The van der Waals surface area contributed by atoms with Crippen LogP contribution in [-0.2, 0) is 0 Å². The Labute approximate surface area is 160 Å². The van der Waals surface area contributed by atoms with Gasteiger partial charge in [-0.3, -0.25) is 9.80 Å². The molecule has 2 N–H and O–H groups in total. The third-order valence-corrected chi connectivity index (χ3v) is 6.01. The van der Waals surface area contributed by atoms with Crippen LogP contribution in [0.2, 0.25) is 0 Å². The lowest BCUT2D eigenvalue weighted by atomic mass is 10.0. The van der Waals surface area contributed by atoms with E-state index in [-0.39, 0.29) is 18.3 Å². The molecule has 1 atom stereocenters. The molecule has 9 heteroatoms. The van der Waals surface area contributed by atoms with E-state index in [1.54, 1.807) is 19.1 Å². The fourth-order valence-electron chi connectivity index (χ4n) is 3.61. The first kappa shape index (κ1) is 18.3. The molecule has 2 aromatic heterocycles. The Balaban J connectivity index is 1.73. The first-order valence-electron chi connectivity index (χ1n) is 8.95. The van der Waals surface area contributed by atoms with Crippen LogP contribution in [0.15, 0.2) is 24.3 Å². The summed E-state index contributed by atoms with van der Waals surface area (Å²) in [4.78, 5) is 9.93. The van der Waals surface area contributed by atoms with E-state index in [1.807, 2.05) is 6.07 Å². The van der Waals surface area contributed by atoms with Crippen LogP contribution in [-0.4, -0.2) is 73.9 Å². The van der Waals surface area contributed by atoms with Gasteiger partial charge in [-0.25, -0.2) is 9.37 Å². The fourth-order valence-corrected chi connectivity index (χ4v) is 4.77. The Morgan fingerprint density at radius 1 is 1.22 bits per heavy atom. The molecular formula is C18H22FN5O2S. The molecule has 1 aliphatic heterocycles. The van der Waals surface area contributed by atoms with Crippen molar-refractivity contribution < 1.29 is 14.6 Å². The molecule has 3 aromatic rings. The molecule has 0 bridgehead atoms. The molecule has 0 saturated carbocycles. The second kappa shape index (κ2) is 7.51. The average molecular weight is 391 g/mol. The van der Waals surface area contributed by atoms with Gasteiger partial charge in [-0.1, -0.05) is 29.5 Å². The van der Waals surface area contributed by atoms with Gasteiger partial charge in [0.25, 0.3) is 0 Å². The van der Waals surface area contributed by atoms with Gasteiger partial charge in [-0.15, -0.1) is 5.10 Å².